The Morgan fingerprint density at radius 3 is 2.39 bits per heavy atom. The van der Waals surface area contributed by atoms with E-state index in [1.165, 1.54) is 4.41 Å². The molecule has 0 unspecified atom stereocenters. The minimum atomic E-state index is -3.83. The quantitative estimate of drug-likeness (QED) is 0.480. The summed E-state index contributed by atoms with van der Waals surface area (Å²) in [6.07, 6.45) is 3.73. The highest BCUT2D eigenvalue weighted by molar-refractivity contribution is 7.89. The molecule has 7 heteroatoms. The number of hydrogen-bond acceptors (Lipinski definition) is 5. The minimum absolute atomic E-state index is 0.217. The monoisotopic (exact) mass is 428 g/mol. The molecule has 31 heavy (non-hydrogen) atoms. The number of benzene rings is 3. The van der Waals surface area contributed by atoms with Crippen LogP contribution in [0, 0.1) is 6.92 Å². The fourth-order valence-corrected chi connectivity index (χ4v) is 5.29. The lowest BCUT2D eigenvalue weighted by Crippen LogP contribution is -2.27. The van der Waals surface area contributed by atoms with Crippen molar-refractivity contribution in [2.75, 3.05) is 0 Å². The van der Waals surface area contributed by atoms with Gasteiger partial charge in [0.15, 0.2) is 0 Å². The summed E-state index contributed by atoms with van der Waals surface area (Å²) < 4.78 is 28.3. The Kier molecular flexibility index (Phi) is 4.75. The first-order chi connectivity index (χ1) is 15.0. The minimum Gasteiger partial charge on any atom is -0.253 e. The number of para-hydroxylation sites is 1. The zero-order valence-electron chi connectivity index (χ0n) is 16.9. The third-order valence-electron chi connectivity index (χ3n) is 5.43. The number of aryl methyl sites for hydroxylation is 1. The molecule has 2 heterocycles. The van der Waals surface area contributed by atoms with Crippen LogP contribution in [0.1, 0.15) is 29.2 Å². The number of aromatic nitrogens is 2. The van der Waals surface area contributed by atoms with Crippen LogP contribution in [0.4, 0.5) is 0 Å². The first-order valence-corrected chi connectivity index (χ1v) is 11.4. The van der Waals surface area contributed by atoms with Crippen LogP contribution in [0.15, 0.2) is 95.2 Å². The van der Waals surface area contributed by atoms with E-state index in [0.717, 1.165) is 22.2 Å². The van der Waals surface area contributed by atoms with Gasteiger partial charge in [0.1, 0.15) is 0 Å². The van der Waals surface area contributed by atoms with Crippen LogP contribution in [0.2, 0.25) is 0 Å². The van der Waals surface area contributed by atoms with Crippen LogP contribution >= 0.6 is 0 Å². The van der Waals surface area contributed by atoms with Crippen molar-refractivity contribution in [1.29, 1.82) is 0 Å². The average Bonchev–Trinajstić information content (AvgIpc) is 3.26. The molecule has 0 aliphatic carbocycles. The van der Waals surface area contributed by atoms with E-state index >= 15 is 0 Å². The topological polar surface area (TPSA) is 75.5 Å². The standard InChI is InChI=1S/C24H20N4O2S/c1-17-10-12-18(13-11-17)23-16-22(20-8-5-9-21-24(20)26-15-14-25-21)27-28(23)31(29,30)19-6-3-2-4-7-19/h2-15,23H,16H2,1H3/t23-/m1/s1. The van der Waals surface area contributed by atoms with Crippen molar-refractivity contribution in [2.24, 2.45) is 5.10 Å². The smallest absolute Gasteiger partial charge is 0.253 e. The van der Waals surface area contributed by atoms with E-state index in [2.05, 4.69) is 15.1 Å². The van der Waals surface area contributed by atoms with E-state index in [4.69, 9.17) is 0 Å². The number of hydrazone groups is 1. The Bertz CT molecular complexity index is 1380. The van der Waals surface area contributed by atoms with Crippen LogP contribution in [-0.2, 0) is 10.0 Å². The molecule has 4 aromatic rings. The Morgan fingerprint density at radius 2 is 1.61 bits per heavy atom. The van der Waals surface area contributed by atoms with E-state index in [1.807, 2.05) is 49.4 Å². The number of hydrogen-bond donors (Lipinski definition) is 0. The van der Waals surface area contributed by atoms with E-state index in [0.29, 0.717) is 17.6 Å². The fourth-order valence-electron chi connectivity index (χ4n) is 3.84. The number of nitrogens with zero attached hydrogens (tertiary/aromatic N) is 4. The summed E-state index contributed by atoms with van der Waals surface area (Å²) in [6, 6.07) is 21.6. The van der Waals surface area contributed by atoms with Gasteiger partial charge >= 0.3 is 0 Å². The predicted molar refractivity (Wildman–Crippen MR) is 120 cm³/mol. The van der Waals surface area contributed by atoms with E-state index in [1.54, 1.807) is 42.7 Å². The first kappa shape index (κ1) is 19.4. The lowest BCUT2D eigenvalue weighted by atomic mass is 9.97. The van der Waals surface area contributed by atoms with Crippen LogP contribution in [-0.4, -0.2) is 28.5 Å². The van der Waals surface area contributed by atoms with Crippen molar-refractivity contribution in [3.05, 3.63) is 102 Å². The molecule has 0 fully saturated rings. The molecule has 1 aromatic heterocycles. The third-order valence-corrected chi connectivity index (χ3v) is 7.13. The highest BCUT2D eigenvalue weighted by Crippen LogP contribution is 2.38. The predicted octanol–water partition coefficient (Wildman–Crippen LogP) is 4.48. The molecule has 0 bridgehead atoms. The van der Waals surface area contributed by atoms with Crippen molar-refractivity contribution in [2.45, 2.75) is 24.3 Å². The van der Waals surface area contributed by atoms with Gasteiger partial charge in [0.25, 0.3) is 10.0 Å². The van der Waals surface area contributed by atoms with Gasteiger partial charge in [-0.05, 0) is 30.7 Å². The molecule has 0 N–H and O–H groups in total. The molecule has 6 nitrogen and oxygen atoms in total. The largest absolute Gasteiger partial charge is 0.279 e. The summed E-state index contributed by atoms with van der Waals surface area (Å²) in [7, 11) is -3.83. The van der Waals surface area contributed by atoms with Gasteiger partial charge in [0.2, 0.25) is 0 Å². The van der Waals surface area contributed by atoms with Crippen molar-refractivity contribution < 1.29 is 8.42 Å². The summed E-state index contributed by atoms with van der Waals surface area (Å²) in [5.74, 6) is 0. The van der Waals surface area contributed by atoms with Gasteiger partial charge in [-0.2, -0.15) is 17.9 Å². The highest BCUT2D eigenvalue weighted by atomic mass is 32.2. The van der Waals surface area contributed by atoms with Crippen molar-refractivity contribution in [3.63, 3.8) is 0 Å². The van der Waals surface area contributed by atoms with Crippen molar-refractivity contribution >= 4 is 26.8 Å². The van der Waals surface area contributed by atoms with Crippen LogP contribution in [0.25, 0.3) is 11.0 Å². The lowest BCUT2D eigenvalue weighted by Gasteiger charge is -2.23. The number of sulfonamides is 1. The Labute approximate surface area is 181 Å². The molecular weight excluding hydrogens is 408 g/mol. The molecule has 154 valence electrons. The second kappa shape index (κ2) is 7.59. The summed E-state index contributed by atoms with van der Waals surface area (Å²) >= 11 is 0. The lowest BCUT2D eigenvalue weighted by molar-refractivity contribution is 0.371. The van der Waals surface area contributed by atoms with Crippen LogP contribution in [0.5, 0.6) is 0 Å². The maximum absolute atomic E-state index is 13.5. The second-order valence-corrected chi connectivity index (χ2v) is 9.29. The summed E-state index contributed by atoms with van der Waals surface area (Å²) in [5, 5.41) is 4.63. The van der Waals surface area contributed by atoms with Gasteiger partial charge in [0, 0.05) is 24.4 Å². The molecule has 0 saturated heterocycles. The zero-order chi connectivity index (χ0) is 21.4. The average molecular weight is 429 g/mol. The summed E-state index contributed by atoms with van der Waals surface area (Å²) in [4.78, 5) is 9.05. The van der Waals surface area contributed by atoms with Gasteiger partial charge < -0.3 is 0 Å². The molecule has 0 spiro atoms. The van der Waals surface area contributed by atoms with Gasteiger partial charge in [-0.15, -0.1) is 0 Å². The van der Waals surface area contributed by atoms with Crippen molar-refractivity contribution in [1.82, 2.24) is 14.4 Å². The Morgan fingerprint density at radius 1 is 0.871 bits per heavy atom. The van der Waals surface area contributed by atoms with Gasteiger partial charge in [-0.25, -0.2) is 0 Å². The molecule has 5 rings (SSSR count). The van der Waals surface area contributed by atoms with Crippen molar-refractivity contribution in [3.8, 4) is 0 Å². The maximum Gasteiger partial charge on any atom is 0.279 e. The fraction of sp³-hybridized carbons (Fsp3) is 0.125. The normalized spacial score (nSPS) is 16.5. The molecule has 1 aliphatic heterocycles. The zero-order valence-corrected chi connectivity index (χ0v) is 17.7. The number of fused-ring (bicyclic) bond motifs is 1. The van der Waals surface area contributed by atoms with Crippen LogP contribution < -0.4 is 0 Å². The first-order valence-electron chi connectivity index (χ1n) is 9.98. The van der Waals surface area contributed by atoms with E-state index in [-0.39, 0.29) is 4.90 Å². The summed E-state index contributed by atoms with van der Waals surface area (Å²) in [6.45, 7) is 2.01. The summed E-state index contributed by atoms with van der Waals surface area (Å²) in [5.41, 5.74) is 4.95. The molecule has 3 aromatic carbocycles. The Balaban J connectivity index is 1.66. The second-order valence-electron chi connectivity index (χ2n) is 7.50. The molecule has 0 saturated carbocycles. The van der Waals surface area contributed by atoms with Gasteiger partial charge in [-0.1, -0.05) is 60.2 Å². The number of rotatable bonds is 4. The third kappa shape index (κ3) is 3.47. The highest BCUT2D eigenvalue weighted by Gasteiger charge is 2.38. The molecule has 1 atom stereocenters. The van der Waals surface area contributed by atoms with Gasteiger partial charge in [0.05, 0.1) is 27.7 Å². The van der Waals surface area contributed by atoms with Gasteiger partial charge in [-0.3, -0.25) is 9.97 Å². The molecule has 0 radical (unpaired) electrons. The molecule has 1 aliphatic rings. The van der Waals surface area contributed by atoms with E-state index < -0.39 is 16.1 Å². The van der Waals surface area contributed by atoms with E-state index in [9.17, 15) is 8.42 Å². The molecular formula is C24H20N4O2S. The molecule has 0 amide bonds. The SMILES string of the molecule is Cc1ccc([C@H]2CC(c3cccc4nccnc34)=NN2S(=O)(=O)c2ccccc2)cc1. The maximum atomic E-state index is 13.5. The Hall–Kier alpha value is -3.58. The van der Waals surface area contributed by atoms with Crippen LogP contribution in [0.3, 0.4) is 0 Å².